The maximum Gasteiger partial charge on any atom is 0.318 e. The lowest BCUT2D eigenvalue weighted by Gasteiger charge is -2.11. The molecule has 2 heterocycles. The van der Waals surface area contributed by atoms with E-state index in [2.05, 4.69) is 15.5 Å². The minimum Gasteiger partial charge on any atom is -0.407 e. The van der Waals surface area contributed by atoms with Crippen LogP contribution in [0.1, 0.15) is 12.3 Å². The molecule has 1 unspecified atom stereocenters. The number of aromatic nitrogens is 2. The zero-order valence-corrected chi connectivity index (χ0v) is 11.0. The zero-order chi connectivity index (χ0) is 13.7. The van der Waals surface area contributed by atoms with Gasteiger partial charge in [-0.15, -0.1) is 5.10 Å². The first-order valence-corrected chi connectivity index (χ1v) is 6.27. The third-order valence-corrected chi connectivity index (χ3v) is 3.08. The molecule has 0 spiro atoms. The summed E-state index contributed by atoms with van der Waals surface area (Å²) in [4.78, 5) is 13.0. The molecule has 1 amide bonds. The van der Waals surface area contributed by atoms with Crippen molar-refractivity contribution >= 4 is 11.9 Å². The van der Waals surface area contributed by atoms with Gasteiger partial charge < -0.3 is 25.1 Å². The smallest absolute Gasteiger partial charge is 0.318 e. The fourth-order valence-electron chi connectivity index (χ4n) is 1.98. The van der Waals surface area contributed by atoms with Gasteiger partial charge in [0.15, 0.2) is 0 Å². The molecule has 0 aromatic carbocycles. The minimum atomic E-state index is -0.275. The number of nitrogens with one attached hydrogen (secondary N) is 1. The van der Waals surface area contributed by atoms with Crippen LogP contribution in [-0.4, -0.2) is 49.5 Å². The molecule has 1 atom stereocenters. The highest BCUT2D eigenvalue weighted by Gasteiger charge is 2.29. The van der Waals surface area contributed by atoms with Crippen molar-refractivity contribution < 1.29 is 13.9 Å². The Bertz CT molecular complexity index is 422. The zero-order valence-electron chi connectivity index (χ0n) is 11.0. The molecule has 0 radical (unpaired) electrons. The van der Waals surface area contributed by atoms with Crippen LogP contribution < -0.4 is 16.0 Å². The van der Waals surface area contributed by atoms with Crippen LogP contribution in [-0.2, 0) is 16.1 Å². The highest BCUT2D eigenvalue weighted by molar-refractivity contribution is 5.77. The summed E-state index contributed by atoms with van der Waals surface area (Å²) in [7, 11) is 1.65. The number of rotatable bonds is 7. The van der Waals surface area contributed by atoms with Gasteiger partial charge in [0.1, 0.15) is 0 Å². The van der Waals surface area contributed by atoms with Crippen molar-refractivity contribution in [1.29, 1.82) is 0 Å². The number of hydrogen-bond acceptors (Lipinski definition) is 7. The van der Waals surface area contributed by atoms with E-state index in [1.165, 1.54) is 0 Å². The van der Waals surface area contributed by atoms with E-state index in [0.29, 0.717) is 38.1 Å². The summed E-state index contributed by atoms with van der Waals surface area (Å²) in [5.41, 5.74) is 5.28. The first kappa shape index (κ1) is 13.8. The number of methoxy groups -OCH3 is 1. The molecule has 0 bridgehead atoms. The van der Waals surface area contributed by atoms with Crippen molar-refractivity contribution in [2.45, 2.75) is 13.0 Å². The van der Waals surface area contributed by atoms with Crippen molar-refractivity contribution in [2.24, 2.45) is 11.7 Å². The summed E-state index contributed by atoms with van der Waals surface area (Å²) in [5.74, 6) is 0.118. The van der Waals surface area contributed by atoms with Crippen molar-refractivity contribution in [3.05, 3.63) is 5.89 Å². The first-order valence-electron chi connectivity index (χ1n) is 6.27. The Labute approximate surface area is 111 Å². The van der Waals surface area contributed by atoms with Gasteiger partial charge in [0.25, 0.3) is 0 Å². The lowest BCUT2D eigenvalue weighted by atomic mass is 10.1. The third kappa shape index (κ3) is 3.65. The number of ether oxygens (including phenoxy) is 1. The monoisotopic (exact) mass is 269 g/mol. The Balaban J connectivity index is 1.82. The summed E-state index contributed by atoms with van der Waals surface area (Å²) in [6.07, 6.45) is 0.735. The van der Waals surface area contributed by atoms with Gasteiger partial charge in [-0.1, -0.05) is 5.10 Å². The van der Waals surface area contributed by atoms with Gasteiger partial charge in [0, 0.05) is 26.7 Å². The van der Waals surface area contributed by atoms with E-state index in [1.54, 1.807) is 7.11 Å². The Hall–Kier alpha value is -1.67. The molecule has 8 heteroatoms. The minimum absolute atomic E-state index is 0.129. The largest absolute Gasteiger partial charge is 0.407 e. The number of amides is 1. The molecule has 2 rings (SSSR count). The van der Waals surface area contributed by atoms with E-state index in [0.717, 1.165) is 13.0 Å². The molecule has 0 aliphatic carbocycles. The van der Waals surface area contributed by atoms with Crippen LogP contribution in [0.25, 0.3) is 0 Å². The second kappa shape index (κ2) is 6.48. The second-order valence-corrected chi connectivity index (χ2v) is 4.48. The number of anilines is 1. The number of primary amides is 1. The molecule has 1 aliphatic rings. The number of nitrogens with zero attached hydrogens (tertiary/aromatic N) is 3. The molecule has 1 fully saturated rings. The van der Waals surface area contributed by atoms with Gasteiger partial charge in [-0.2, -0.15) is 0 Å². The Kier molecular flexibility index (Phi) is 4.69. The fraction of sp³-hybridized carbons (Fsp3) is 0.727. The average molecular weight is 269 g/mol. The summed E-state index contributed by atoms with van der Waals surface area (Å²) in [6.45, 7) is 3.12. The number of nitrogens with two attached hydrogens (primary N) is 1. The molecule has 1 saturated heterocycles. The molecular formula is C11H19N5O3. The molecule has 106 valence electrons. The summed E-state index contributed by atoms with van der Waals surface area (Å²) in [6, 6.07) is 0.451. The lowest BCUT2D eigenvalue weighted by molar-refractivity contribution is -0.121. The van der Waals surface area contributed by atoms with Crippen LogP contribution in [0.3, 0.4) is 0 Å². The SMILES string of the molecule is COCCNCc1nnc(N2CCC(C(N)=O)C2)o1. The Morgan fingerprint density at radius 3 is 3.16 bits per heavy atom. The van der Waals surface area contributed by atoms with Gasteiger partial charge in [0.05, 0.1) is 19.1 Å². The van der Waals surface area contributed by atoms with Crippen LogP contribution in [0.4, 0.5) is 6.01 Å². The molecule has 1 aromatic heterocycles. The molecule has 3 N–H and O–H groups in total. The van der Waals surface area contributed by atoms with Crippen LogP contribution in [0, 0.1) is 5.92 Å². The van der Waals surface area contributed by atoms with Crippen molar-refractivity contribution in [1.82, 2.24) is 15.5 Å². The number of carbonyl (C=O) groups excluding carboxylic acids is 1. The topological polar surface area (TPSA) is 107 Å². The third-order valence-electron chi connectivity index (χ3n) is 3.08. The van der Waals surface area contributed by atoms with E-state index in [9.17, 15) is 4.79 Å². The lowest BCUT2D eigenvalue weighted by Crippen LogP contribution is -2.27. The van der Waals surface area contributed by atoms with Crippen LogP contribution in [0.2, 0.25) is 0 Å². The van der Waals surface area contributed by atoms with E-state index in [-0.39, 0.29) is 11.8 Å². The van der Waals surface area contributed by atoms with E-state index < -0.39 is 0 Å². The molecule has 0 saturated carbocycles. The quantitative estimate of drug-likeness (QED) is 0.619. The molecule has 1 aromatic rings. The summed E-state index contributed by atoms with van der Waals surface area (Å²) >= 11 is 0. The highest BCUT2D eigenvalue weighted by atomic mass is 16.5. The predicted octanol–water partition coefficient (Wildman–Crippen LogP) is -0.883. The van der Waals surface area contributed by atoms with Gasteiger partial charge in [-0.3, -0.25) is 4.79 Å². The maximum absolute atomic E-state index is 11.1. The fourth-order valence-corrected chi connectivity index (χ4v) is 1.98. The molecule has 1 aliphatic heterocycles. The standard InChI is InChI=1S/C11H19N5O3/c1-18-5-3-13-6-9-14-15-11(19-9)16-4-2-8(7-16)10(12)17/h8,13H,2-7H2,1H3,(H2,12,17). The first-order chi connectivity index (χ1) is 9.20. The van der Waals surface area contributed by atoms with Crippen LogP contribution >= 0.6 is 0 Å². The van der Waals surface area contributed by atoms with Crippen molar-refractivity contribution in [3.8, 4) is 0 Å². The van der Waals surface area contributed by atoms with Gasteiger partial charge in [-0.25, -0.2) is 0 Å². The normalized spacial score (nSPS) is 19.0. The van der Waals surface area contributed by atoms with Crippen LogP contribution in [0.15, 0.2) is 4.42 Å². The second-order valence-electron chi connectivity index (χ2n) is 4.48. The highest BCUT2D eigenvalue weighted by Crippen LogP contribution is 2.22. The number of hydrogen-bond donors (Lipinski definition) is 2. The Morgan fingerprint density at radius 1 is 1.63 bits per heavy atom. The van der Waals surface area contributed by atoms with Crippen molar-refractivity contribution in [3.63, 3.8) is 0 Å². The van der Waals surface area contributed by atoms with E-state index in [1.807, 2.05) is 4.90 Å². The van der Waals surface area contributed by atoms with Gasteiger partial charge in [0.2, 0.25) is 11.8 Å². The number of carbonyl (C=O) groups is 1. The van der Waals surface area contributed by atoms with Crippen molar-refractivity contribution in [2.75, 3.05) is 38.3 Å². The van der Waals surface area contributed by atoms with Gasteiger partial charge in [-0.05, 0) is 6.42 Å². The van der Waals surface area contributed by atoms with E-state index >= 15 is 0 Å². The summed E-state index contributed by atoms with van der Waals surface area (Å²) < 4.78 is 10.4. The maximum atomic E-state index is 11.1. The molecular weight excluding hydrogens is 250 g/mol. The Morgan fingerprint density at radius 2 is 2.47 bits per heavy atom. The van der Waals surface area contributed by atoms with Gasteiger partial charge >= 0.3 is 6.01 Å². The van der Waals surface area contributed by atoms with Crippen LogP contribution in [0.5, 0.6) is 0 Å². The molecule has 8 nitrogen and oxygen atoms in total. The van der Waals surface area contributed by atoms with E-state index in [4.69, 9.17) is 14.9 Å². The average Bonchev–Trinajstić information content (AvgIpc) is 3.03. The summed E-state index contributed by atoms with van der Waals surface area (Å²) in [5, 5.41) is 11.0. The predicted molar refractivity (Wildman–Crippen MR) is 67.4 cm³/mol. The molecule has 19 heavy (non-hydrogen) atoms.